The number of hydrogen-bond acceptors (Lipinski definition) is 6. The van der Waals surface area contributed by atoms with Crippen molar-refractivity contribution in [2.75, 3.05) is 26.2 Å². The summed E-state index contributed by atoms with van der Waals surface area (Å²) in [5.74, 6) is 0.422. The smallest absolute Gasteiger partial charge is 0.357 e. The van der Waals surface area contributed by atoms with Crippen molar-refractivity contribution in [3.63, 3.8) is 0 Å². The van der Waals surface area contributed by atoms with Gasteiger partial charge in [0.15, 0.2) is 5.96 Å². The minimum Gasteiger partial charge on any atom is -0.357 e. The Balaban J connectivity index is 1.88. The lowest BCUT2D eigenvalue weighted by Crippen LogP contribution is -2.51. The molecule has 0 spiro atoms. The van der Waals surface area contributed by atoms with Crippen LogP contribution >= 0.6 is 0 Å². The van der Waals surface area contributed by atoms with Crippen molar-refractivity contribution in [3.8, 4) is 0 Å². The molecule has 11 nitrogen and oxygen atoms in total. The summed E-state index contributed by atoms with van der Waals surface area (Å²) in [6.45, 7) is 2.46. The Morgan fingerprint density at radius 3 is 2.59 bits per heavy atom. The third kappa shape index (κ3) is 6.03. The number of aromatic nitrogens is 2. The van der Waals surface area contributed by atoms with Crippen molar-refractivity contribution < 1.29 is 26.5 Å². The number of nitrogens with zero attached hydrogens (tertiary/aromatic N) is 5. The molecule has 1 aromatic heterocycles. The second-order valence-electron chi connectivity index (χ2n) is 6.25. The maximum absolute atomic E-state index is 12.6. The molecule has 0 unspecified atom stereocenters. The third-order valence-electron chi connectivity index (χ3n) is 4.20. The van der Waals surface area contributed by atoms with Gasteiger partial charge in [-0.3, -0.25) is 19.8 Å². The Bertz CT molecular complexity index is 833. The SMILES string of the molecule is CCNC(=NCCn1cc([N+](=O)[O-])cn1)NC1CCN(S(=O)(=O)C(F)(F)F)CC1. The Hall–Kier alpha value is -2.42. The van der Waals surface area contributed by atoms with E-state index >= 15 is 0 Å². The van der Waals surface area contributed by atoms with Crippen LogP contribution in [0.1, 0.15) is 19.8 Å². The topological polar surface area (TPSA) is 135 Å². The lowest BCUT2D eigenvalue weighted by Gasteiger charge is -2.32. The second kappa shape index (κ2) is 9.39. The summed E-state index contributed by atoms with van der Waals surface area (Å²) in [6.07, 6.45) is 2.82. The Kier molecular flexibility index (Phi) is 7.40. The quantitative estimate of drug-likeness (QED) is 0.275. The monoisotopic (exact) mass is 441 g/mol. The molecule has 1 fully saturated rings. The zero-order valence-corrected chi connectivity index (χ0v) is 16.4. The molecule has 29 heavy (non-hydrogen) atoms. The van der Waals surface area contributed by atoms with Crippen LogP contribution in [-0.2, 0) is 16.6 Å². The van der Waals surface area contributed by atoms with Crippen molar-refractivity contribution in [1.29, 1.82) is 0 Å². The molecule has 2 heterocycles. The molecule has 1 aromatic rings. The predicted octanol–water partition coefficient (Wildman–Crippen LogP) is 0.660. The van der Waals surface area contributed by atoms with E-state index in [9.17, 15) is 31.7 Å². The number of halogens is 3. The van der Waals surface area contributed by atoms with Gasteiger partial charge in [-0.1, -0.05) is 0 Å². The number of nitro groups is 1. The van der Waals surface area contributed by atoms with E-state index in [0.717, 1.165) is 6.20 Å². The first-order valence-electron chi connectivity index (χ1n) is 8.82. The molecule has 0 atom stereocenters. The van der Waals surface area contributed by atoms with Crippen LogP contribution in [0.4, 0.5) is 18.9 Å². The molecular formula is C14H22F3N7O4S. The fraction of sp³-hybridized carbons (Fsp3) is 0.714. The van der Waals surface area contributed by atoms with Crippen LogP contribution in [0, 0.1) is 10.1 Å². The van der Waals surface area contributed by atoms with Crippen LogP contribution in [0.25, 0.3) is 0 Å². The molecular weight excluding hydrogens is 419 g/mol. The number of aliphatic imine (C=N–C) groups is 1. The average Bonchev–Trinajstić information content (AvgIpc) is 3.10. The molecule has 15 heteroatoms. The van der Waals surface area contributed by atoms with Crippen molar-refractivity contribution in [2.45, 2.75) is 37.9 Å². The molecule has 2 N–H and O–H groups in total. The highest BCUT2D eigenvalue weighted by molar-refractivity contribution is 7.90. The van der Waals surface area contributed by atoms with Crippen LogP contribution in [0.3, 0.4) is 0 Å². The molecule has 0 aromatic carbocycles. The number of piperidine rings is 1. The Morgan fingerprint density at radius 2 is 2.07 bits per heavy atom. The summed E-state index contributed by atoms with van der Waals surface area (Å²) < 4.78 is 62.6. The molecule has 1 aliphatic heterocycles. The number of guanidine groups is 1. The van der Waals surface area contributed by atoms with Crippen molar-refractivity contribution in [2.24, 2.45) is 4.99 Å². The van der Waals surface area contributed by atoms with Gasteiger partial charge in [-0.2, -0.15) is 22.6 Å². The van der Waals surface area contributed by atoms with Gasteiger partial charge in [-0.15, -0.1) is 0 Å². The van der Waals surface area contributed by atoms with Gasteiger partial charge in [0.2, 0.25) is 0 Å². The van der Waals surface area contributed by atoms with E-state index in [1.54, 1.807) is 0 Å². The van der Waals surface area contributed by atoms with Gasteiger partial charge in [0.25, 0.3) is 0 Å². The first-order valence-corrected chi connectivity index (χ1v) is 10.3. The van der Waals surface area contributed by atoms with Crippen LogP contribution in [-0.4, -0.2) is 71.1 Å². The van der Waals surface area contributed by atoms with Crippen LogP contribution in [0.2, 0.25) is 0 Å². The van der Waals surface area contributed by atoms with E-state index in [4.69, 9.17) is 0 Å². The fourth-order valence-electron chi connectivity index (χ4n) is 2.73. The van der Waals surface area contributed by atoms with E-state index in [1.807, 2.05) is 6.92 Å². The van der Waals surface area contributed by atoms with Gasteiger partial charge in [-0.05, 0) is 19.8 Å². The molecule has 0 aliphatic carbocycles. The van der Waals surface area contributed by atoms with E-state index in [-0.39, 0.29) is 44.2 Å². The first kappa shape index (κ1) is 22.9. The summed E-state index contributed by atoms with van der Waals surface area (Å²) in [5, 5.41) is 20.6. The number of alkyl halides is 3. The van der Waals surface area contributed by atoms with E-state index in [1.165, 1.54) is 10.9 Å². The van der Waals surface area contributed by atoms with Crippen LogP contribution < -0.4 is 10.6 Å². The minimum atomic E-state index is -5.31. The standard InChI is InChI=1S/C14H22F3N7O4S/c1-2-18-13(19-5-8-22-10-12(9-20-22)24(25)26)21-11-3-6-23(7-4-11)29(27,28)14(15,16)17/h9-11H,2-8H2,1H3,(H2,18,19,21). The second-order valence-corrected chi connectivity index (χ2v) is 8.18. The molecule has 164 valence electrons. The van der Waals surface area contributed by atoms with Gasteiger partial charge in [0, 0.05) is 25.7 Å². The van der Waals surface area contributed by atoms with Gasteiger partial charge < -0.3 is 10.6 Å². The average molecular weight is 441 g/mol. The normalized spacial score (nSPS) is 17.3. The number of nitrogens with one attached hydrogen (secondary N) is 2. The van der Waals surface area contributed by atoms with Gasteiger partial charge >= 0.3 is 21.2 Å². The molecule has 2 rings (SSSR count). The summed E-state index contributed by atoms with van der Waals surface area (Å²) in [4.78, 5) is 14.4. The molecule has 1 saturated heterocycles. The van der Waals surface area contributed by atoms with E-state index in [0.29, 0.717) is 23.4 Å². The maximum atomic E-state index is 12.6. The Morgan fingerprint density at radius 1 is 1.41 bits per heavy atom. The molecule has 0 amide bonds. The predicted molar refractivity (Wildman–Crippen MR) is 97.6 cm³/mol. The number of sulfonamides is 1. The highest BCUT2D eigenvalue weighted by Crippen LogP contribution is 2.28. The summed E-state index contributed by atoms with van der Waals surface area (Å²) in [7, 11) is -5.31. The molecule has 0 bridgehead atoms. The molecule has 0 radical (unpaired) electrons. The minimum absolute atomic E-state index is 0.125. The van der Waals surface area contributed by atoms with Crippen LogP contribution in [0.15, 0.2) is 17.4 Å². The first-order chi connectivity index (χ1) is 13.5. The highest BCUT2D eigenvalue weighted by Gasteiger charge is 2.50. The number of rotatable bonds is 7. The third-order valence-corrected chi connectivity index (χ3v) is 5.83. The maximum Gasteiger partial charge on any atom is 0.511 e. The van der Waals surface area contributed by atoms with Gasteiger partial charge in [0.1, 0.15) is 12.4 Å². The van der Waals surface area contributed by atoms with E-state index < -0.39 is 20.5 Å². The highest BCUT2D eigenvalue weighted by atomic mass is 32.2. The van der Waals surface area contributed by atoms with Gasteiger partial charge in [0.05, 0.1) is 18.0 Å². The zero-order chi connectivity index (χ0) is 21.7. The fourth-order valence-corrected chi connectivity index (χ4v) is 3.72. The summed E-state index contributed by atoms with van der Waals surface area (Å²) in [5.41, 5.74) is -5.43. The van der Waals surface area contributed by atoms with E-state index in [2.05, 4.69) is 20.7 Å². The summed E-state index contributed by atoms with van der Waals surface area (Å²) >= 11 is 0. The zero-order valence-electron chi connectivity index (χ0n) is 15.6. The summed E-state index contributed by atoms with van der Waals surface area (Å²) in [6, 6.07) is -0.238. The lowest BCUT2D eigenvalue weighted by atomic mass is 10.1. The van der Waals surface area contributed by atoms with Crippen molar-refractivity contribution in [3.05, 3.63) is 22.5 Å². The Labute approximate surface area is 165 Å². The molecule has 0 saturated carbocycles. The largest absolute Gasteiger partial charge is 0.511 e. The van der Waals surface area contributed by atoms with Gasteiger partial charge in [-0.25, -0.2) is 8.42 Å². The van der Waals surface area contributed by atoms with Crippen molar-refractivity contribution in [1.82, 2.24) is 24.7 Å². The lowest BCUT2D eigenvalue weighted by molar-refractivity contribution is -0.385. The van der Waals surface area contributed by atoms with Crippen LogP contribution in [0.5, 0.6) is 0 Å². The van der Waals surface area contributed by atoms with Crippen molar-refractivity contribution >= 4 is 21.7 Å². The molecule has 1 aliphatic rings. The number of hydrogen-bond donors (Lipinski definition) is 2.